The molecule has 0 aromatic rings. The summed E-state index contributed by atoms with van der Waals surface area (Å²) >= 11 is 0. The smallest absolute Gasteiger partial charge is 0.332 e. The van der Waals surface area contributed by atoms with Crippen LogP contribution in [0.5, 0.6) is 0 Å². The molecule has 0 heterocycles. The predicted molar refractivity (Wildman–Crippen MR) is 63.9 cm³/mol. The van der Waals surface area contributed by atoms with Crippen LogP contribution in [-0.4, -0.2) is 22.2 Å². The molecule has 0 aromatic carbocycles. The minimum Gasteiger partial charge on any atom is -0.478 e. The summed E-state index contributed by atoms with van der Waals surface area (Å²) < 4.78 is 0. The minimum absolute atomic E-state index is 0.0219. The van der Waals surface area contributed by atoms with Gasteiger partial charge in [0, 0.05) is 11.6 Å². The van der Waals surface area contributed by atoms with Crippen molar-refractivity contribution >= 4 is 11.9 Å². The Morgan fingerprint density at radius 1 is 0.889 bits per heavy atom. The van der Waals surface area contributed by atoms with Crippen LogP contribution in [0.4, 0.5) is 0 Å². The Bertz CT molecular complexity index is 396. The maximum absolute atomic E-state index is 11.3. The molecule has 0 saturated heterocycles. The number of carbonyl (C=O) groups is 2. The third-order valence-electron chi connectivity index (χ3n) is 5.11. The fraction of sp³-hybridized carbons (Fsp3) is 0.714. The van der Waals surface area contributed by atoms with Gasteiger partial charge in [-0.1, -0.05) is 0 Å². The molecule has 4 heteroatoms. The summed E-state index contributed by atoms with van der Waals surface area (Å²) in [5.74, 6) is 0.139. The Morgan fingerprint density at radius 2 is 1.39 bits per heavy atom. The molecule has 4 nitrogen and oxygen atoms in total. The average Bonchev–Trinajstić information content (AvgIpc) is 2.25. The van der Waals surface area contributed by atoms with Crippen molar-refractivity contribution in [3.63, 3.8) is 0 Å². The van der Waals surface area contributed by atoms with E-state index in [4.69, 9.17) is 5.11 Å². The van der Waals surface area contributed by atoms with Gasteiger partial charge >= 0.3 is 11.9 Å². The van der Waals surface area contributed by atoms with Gasteiger partial charge in [-0.25, -0.2) is 9.59 Å². The fourth-order valence-electron chi connectivity index (χ4n) is 4.87. The SMILES string of the molecule is O=C(O)/C=C(\C(=O)O)C1C2CC3CC(C2)CC1C3. The molecule has 4 aliphatic rings. The molecule has 0 aromatic heterocycles. The topological polar surface area (TPSA) is 74.6 Å². The van der Waals surface area contributed by atoms with Crippen molar-refractivity contribution in [2.45, 2.75) is 32.1 Å². The molecule has 18 heavy (non-hydrogen) atoms. The van der Waals surface area contributed by atoms with Gasteiger partial charge in [-0.3, -0.25) is 0 Å². The van der Waals surface area contributed by atoms with Crippen molar-refractivity contribution in [2.75, 3.05) is 0 Å². The van der Waals surface area contributed by atoms with Gasteiger partial charge in [-0.05, 0) is 61.7 Å². The normalized spacial score (nSPS) is 42.0. The zero-order valence-corrected chi connectivity index (χ0v) is 10.2. The summed E-state index contributed by atoms with van der Waals surface area (Å²) in [6.45, 7) is 0. The Labute approximate surface area is 106 Å². The number of aliphatic carboxylic acids is 2. The van der Waals surface area contributed by atoms with Crippen molar-refractivity contribution in [2.24, 2.45) is 29.6 Å². The number of carboxylic acids is 2. The van der Waals surface area contributed by atoms with E-state index in [9.17, 15) is 14.7 Å². The summed E-state index contributed by atoms with van der Waals surface area (Å²) in [4.78, 5) is 22.1. The van der Waals surface area contributed by atoms with Gasteiger partial charge in [-0.2, -0.15) is 0 Å². The highest BCUT2D eigenvalue weighted by atomic mass is 16.4. The summed E-state index contributed by atoms with van der Waals surface area (Å²) in [7, 11) is 0. The van der Waals surface area contributed by atoms with E-state index in [2.05, 4.69) is 0 Å². The molecule has 0 aliphatic heterocycles. The number of carboxylic acid groups (broad SMARTS) is 2. The van der Waals surface area contributed by atoms with Gasteiger partial charge < -0.3 is 10.2 Å². The molecule has 4 aliphatic carbocycles. The van der Waals surface area contributed by atoms with Crippen LogP contribution in [0.15, 0.2) is 11.6 Å². The van der Waals surface area contributed by atoms with Crippen molar-refractivity contribution in [3.8, 4) is 0 Å². The zero-order chi connectivity index (χ0) is 12.9. The first-order chi connectivity index (χ1) is 8.54. The van der Waals surface area contributed by atoms with Crippen LogP contribution >= 0.6 is 0 Å². The van der Waals surface area contributed by atoms with Crippen molar-refractivity contribution in [1.82, 2.24) is 0 Å². The Balaban J connectivity index is 1.91. The third kappa shape index (κ3) is 1.84. The Hall–Kier alpha value is -1.32. The quantitative estimate of drug-likeness (QED) is 0.753. The Kier molecular flexibility index (Phi) is 2.68. The van der Waals surface area contributed by atoms with Gasteiger partial charge in [0.05, 0.1) is 0 Å². The molecule has 0 atom stereocenters. The first-order valence-electron chi connectivity index (χ1n) is 6.72. The first-order valence-corrected chi connectivity index (χ1v) is 6.72. The minimum atomic E-state index is -1.14. The number of hydrogen-bond donors (Lipinski definition) is 2. The molecular formula is C14H18O4. The molecular weight excluding hydrogens is 232 g/mol. The van der Waals surface area contributed by atoms with E-state index in [1.54, 1.807) is 0 Å². The number of rotatable bonds is 3. The van der Waals surface area contributed by atoms with Crippen molar-refractivity contribution in [1.29, 1.82) is 0 Å². The van der Waals surface area contributed by atoms with Gasteiger partial charge in [-0.15, -0.1) is 0 Å². The van der Waals surface area contributed by atoms with E-state index in [1.165, 1.54) is 6.42 Å². The largest absolute Gasteiger partial charge is 0.478 e. The summed E-state index contributed by atoms with van der Waals surface area (Å²) in [5, 5.41) is 18.1. The van der Waals surface area contributed by atoms with Crippen LogP contribution in [0, 0.1) is 29.6 Å². The van der Waals surface area contributed by atoms with E-state index in [1.807, 2.05) is 0 Å². The summed E-state index contributed by atoms with van der Waals surface area (Å²) in [6.07, 6.45) is 6.63. The second kappa shape index (κ2) is 4.11. The zero-order valence-electron chi connectivity index (χ0n) is 10.2. The molecule has 4 bridgehead atoms. The second-order valence-electron chi connectivity index (χ2n) is 6.20. The molecule has 98 valence electrons. The lowest BCUT2D eigenvalue weighted by molar-refractivity contribution is -0.137. The van der Waals surface area contributed by atoms with Crippen LogP contribution in [0.25, 0.3) is 0 Å². The lowest BCUT2D eigenvalue weighted by Crippen LogP contribution is -2.46. The van der Waals surface area contributed by atoms with Crippen LogP contribution in [0.3, 0.4) is 0 Å². The maximum Gasteiger partial charge on any atom is 0.332 e. The van der Waals surface area contributed by atoms with Gasteiger partial charge in [0.25, 0.3) is 0 Å². The molecule has 0 amide bonds. The van der Waals surface area contributed by atoms with Gasteiger partial charge in [0.15, 0.2) is 0 Å². The van der Waals surface area contributed by atoms with Crippen molar-refractivity contribution in [3.05, 3.63) is 11.6 Å². The highest BCUT2D eigenvalue weighted by Crippen LogP contribution is 2.58. The summed E-state index contributed by atoms with van der Waals surface area (Å²) in [6, 6.07) is 0. The van der Waals surface area contributed by atoms with Crippen LogP contribution in [-0.2, 0) is 9.59 Å². The predicted octanol–water partition coefficient (Wildman–Crippen LogP) is 2.15. The molecule has 4 saturated carbocycles. The van der Waals surface area contributed by atoms with E-state index in [0.29, 0.717) is 11.8 Å². The second-order valence-corrected chi connectivity index (χ2v) is 6.20. The van der Waals surface area contributed by atoms with Crippen LogP contribution in [0.1, 0.15) is 32.1 Å². The standard InChI is InChI=1S/C14H18O4/c15-12(16)6-11(14(17)18)13-9-2-7-1-8(4-9)5-10(13)3-7/h6-10,13H,1-5H2,(H,15,16)(H,17,18)/b11-6-. The molecule has 0 spiro atoms. The fourth-order valence-corrected chi connectivity index (χ4v) is 4.87. The van der Waals surface area contributed by atoms with Gasteiger partial charge in [0.1, 0.15) is 0 Å². The monoisotopic (exact) mass is 250 g/mol. The molecule has 4 rings (SSSR count). The lowest BCUT2D eigenvalue weighted by Gasteiger charge is -2.54. The van der Waals surface area contributed by atoms with E-state index in [0.717, 1.165) is 43.6 Å². The van der Waals surface area contributed by atoms with Crippen molar-refractivity contribution < 1.29 is 19.8 Å². The lowest BCUT2D eigenvalue weighted by atomic mass is 9.50. The highest BCUT2D eigenvalue weighted by molar-refractivity contribution is 5.95. The highest BCUT2D eigenvalue weighted by Gasteiger charge is 2.50. The molecule has 2 N–H and O–H groups in total. The Morgan fingerprint density at radius 3 is 1.78 bits per heavy atom. The average molecular weight is 250 g/mol. The molecule has 0 radical (unpaired) electrons. The van der Waals surface area contributed by atoms with Gasteiger partial charge in [0.2, 0.25) is 0 Å². The van der Waals surface area contributed by atoms with E-state index < -0.39 is 11.9 Å². The molecule has 4 fully saturated rings. The third-order valence-corrected chi connectivity index (χ3v) is 5.11. The molecule has 0 unspecified atom stereocenters. The maximum atomic E-state index is 11.3. The van der Waals surface area contributed by atoms with Crippen LogP contribution < -0.4 is 0 Å². The van der Waals surface area contributed by atoms with E-state index >= 15 is 0 Å². The van der Waals surface area contributed by atoms with Crippen LogP contribution in [0.2, 0.25) is 0 Å². The number of hydrogen-bond acceptors (Lipinski definition) is 2. The van der Waals surface area contributed by atoms with E-state index in [-0.39, 0.29) is 11.5 Å². The summed E-state index contributed by atoms with van der Waals surface area (Å²) in [5.41, 5.74) is 0.135. The first kappa shape index (κ1) is 11.8.